The Morgan fingerprint density at radius 1 is 1.10 bits per heavy atom. The molecule has 2 N–H and O–H groups in total. The van der Waals surface area contributed by atoms with Gasteiger partial charge in [0.15, 0.2) is 5.58 Å². The van der Waals surface area contributed by atoms with Gasteiger partial charge >= 0.3 is 0 Å². The molecule has 1 saturated heterocycles. The minimum absolute atomic E-state index is 0. The van der Waals surface area contributed by atoms with E-state index < -0.39 is 0 Å². The lowest BCUT2D eigenvalue weighted by Gasteiger charge is -2.26. The summed E-state index contributed by atoms with van der Waals surface area (Å²) in [6.07, 6.45) is 6.88. The molecule has 0 unspecified atom stereocenters. The molecular formula is C24H28ClN3O3. The minimum Gasteiger partial charge on any atom is -0.494 e. The number of benzene rings is 2. The van der Waals surface area contributed by atoms with Gasteiger partial charge in [0.2, 0.25) is 0 Å². The second kappa shape index (κ2) is 12.1. The number of ether oxygens (including phenoxy) is 1. The number of nitriles is 1. The molecule has 0 saturated carbocycles. The van der Waals surface area contributed by atoms with Crippen LogP contribution in [-0.2, 0) is 0 Å². The van der Waals surface area contributed by atoms with Gasteiger partial charge in [0.05, 0.1) is 17.6 Å². The molecule has 0 atom stereocenters. The van der Waals surface area contributed by atoms with Gasteiger partial charge in [-0.25, -0.2) is 0 Å². The standard InChI is InChI=1S/C24H25N3O2.ClH.H2O/c25-18-20(24-22-7-2-3-8-23(22)29-26-24)17-19-9-11-21(12-10-19)28-16-6-15-27-13-4-1-5-14-27;;/h2-3,7-12,17H,1,4-6,13-16H2;1H;1H2/b20-17+;;. The fourth-order valence-corrected chi connectivity index (χ4v) is 3.72. The van der Waals surface area contributed by atoms with Crippen molar-refractivity contribution in [2.24, 2.45) is 0 Å². The number of nitrogens with zero attached hydrogens (tertiary/aromatic N) is 3. The van der Waals surface area contributed by atoms with Crippen LogP contribution in [0, 0.1) is 11.3 Å². The minimum atomic E-state index is 0. The monoisotopic (exact) mass is 441 g/mol. The van der Waals surface area contributed by atoms with Crippen molar-refractivity contribution in [2.75, 3.05) is 26.2 Å². The van der Waals surface area contributed by atoms with E-state index in [1.807, 2.05) is 54.6 Å². The summed E-state index contributed by atoms with van der Waals surface area (Å²) in [6.45, 7) is 4.28. The number of aromatic nitrogens is 1. The van der Waals surface area contributed by atoms with E-state index in [0.29, 0.717) is 16.9 Å². The van der Waals surface area contributed by atoms with Crippen LogP contribution in [0.15, 0.2) is 53.1 Å². The summed E-state index contributed by atoms with van der Waals surface area (Å²) in [5, 5.41) is 14.5. The van der Waals surface area contributed by atoms with Crippen LogP contribution in [0.25, 0.3) is 22.6 Å². The van der Waals surface area contributed by atoms with Gasteiger partial charge in [-0.2, -0.15) is 5.26 Å². The molecule has 3 aromatic rings. The summed E-state index contributed by atoms with van der Waals surface area (Å²) in [5.74, 6) is 0.853. The summed E-state index contributed by atoms with van der Waals surface area (Å²) in [6, 6.07) is 17.6. The van der Waals surface area contributed by atoms with Crippen LogP contribution in [0.2, 0.25) is 0 Å². The molecule has 0 aliphatic carbocycles. The van der Waals surface area contributed by atoms with Crippen LogP contribution < -0.4 is 4.74 Å². The molecule has 6 nitrogen and oxygen atoms in total. The van der Waals surface area contributed by atoms with E-state index in [1.54, 1.807) is 0 Å². The van der Waals surface area contributed by atoms with Crippen molar-refractivity contribution in [3.05, 3.63) is 59.8 Å². The predicted molar refractivity (Wildman–Crippen MR) is 125 cm³/mol. The number of hydrogen-bond acceptors (Lipinski definition) is 5. The fourth-order valence-electron chi connectivity index (χ4n) is 3.72. The van der Waals surface area contributed by atoms with Crippen LogP contribution in [0.5, 0.6) is 5.75 Å². The largest absolute Gasteiger partial charge is 0.494 e. The first-order valence-corrected chi connectivity index (χ1v) is 10.3. The van der Waals surface area contributed by atoms with Gasteiger partial charge in [-0.05, 0) is 68.3 Å². The molecule has 7 heteroatoms. The Hall–Kier alpha value is -2.85. The zero-order valence-corrected chi connectivity index (χ0v) is 18.2. The van der Waals surface area contributed by atoms with Crippen LogP contribution in [0.3, 0.4) is 0 Å². The van der Waals surface area contributed by atoms with Crippen LogP contribution in [-0.4, -0.2) is 41.8 Å². The fraction of sp³-hybridized carbons (Fsp3) is 0.333. The third-order valence-corrected chi connectivity index (χ3v) is 5.28. The maximum atomic E-state index is 9.60. The number of likely N-dealkylation sites (tertiary alicyclic amines) is 1. The summed E-state index contributed by atoms with van der Waals surface area (Å²) >= 11 is 0. The van der Waals surface area contributed by atoms with Crippen molar-refractivity contribution in [1.82, 2.24) is 10.1 Å². The number of para-hydroxylation sites is 1. The molecule has 0 bridgehead atoms. The zero-order chi connectivity index (χ0) is 19.9. The SMILES string of the molecule is Cl.N#C/C(=C\c1ccc(OCCCN2CCCCC2)cc1)c1noc2ccccc12.O. The van der Waals surface area contributed by atoms with Gasteiger partial charge in [0.1, 0.15) is 17.5 Å². The molecule has 1 aliphatic heterocycles. The molecule has 0 radical (unpaired) electrons. The van der Waals surface area contributed by atoms with Gasteiger partial charge < -0.3 is 19.6 Å². The molecule has 31 heavy (non-hydrogen) atoms. The molecular weight excluding hydrogens is 414 g/mol. The highest BCUT2D eigenvalue weighted by atomic mass is 35.5. The average Bonchev–Trinajstić information content (AvgIpc) is 3.21. The lowest BCUT2D eigenvalue weighted by Crippen LogP contribution is -2.31. The van der Waals surface area contributed by atoms with Crippen molar-refractivity contribution >= 4 is 35.0 Å². The van der Waals surface area contributed by atoms with Gasteiger partial charge in [-0.1, -0.05) is 35.8 Å². The number of hydrogen-bond donors (Lipinski definition) is 0. The summed E-state index contributed by atoms with van der Waals surface area (Å²) < 4.78 is 11.2. The molecule has 1 fully saturated rings. The highest BCUT2D eigenvalue weighted by Crippen LogP contribution is 2.26. The smallest absolute Gasteiger partial charge is 0.167 e. The second-order valence-corrected chi connectivity index (χ2v) is 7.37. The molecule has 2 heterocycles. The number of halogens is 1. The van der Waals surface area contributed by atoms with Crippen molar-refractivity contribution in [3.63, 3.8) is 0 Å². The van der Waals surface area contributed by atoms with Gasteiger partial charge in [-0.3, -0.25) is 0 Å². The highest BCUT2D eigenvalue weighted by Gasteiger charge is 2.12. The van der Waals surface area contributed by atoms with E-state index in [2.05, 4.69) is 16.1 Å². The summed E-state index contributed by atoms with van der Waals surface area (Å²) in [7, 11) is 0. The lowest BCUT2D eigenvalue weighted by molar-refractivity contribution is 0.205. The lowest BCUT2D eigenvalue weighted by atomic mass is 10.1. The third-order valence-electron chi connectivity index (χ3n) is 5.28. The first-order valence-electron chi connectivity index (χ1n) is 10.3. The molecule has 164 valence electrons. The Morgan fingerprint density at radius 2 is 1.84 bits per heavy atom. The number of fused-ring (bicyclic) bond motifs is 1. The van der Waals surface area contributed by atoms with Crippen molar-refractivity contribution in [3.8, 4) is 11.8 Å². The van der Waals surface area contributed by atoms with Crippen molar-refractivity contribution in [1.29, 1.82) is 5.26 Å². The first-order chi connectivity index (χ1) is 14.3. The molecule has 2 aromatic carbocycles. The molecule has 1 aromatic heterocycles. The molecule has 0 spiro atoms. The number of rotatable bonds is 7. The topological polar surface area (TPSA) is 93.8 Å². The normalized spacial score (nSPS) is 14.4. The molecule has 0 amide bonds. The number of piperidine rings is 1. The van der Waals surface area contributed by atoms with Gasteiger partial charge in [0, 0.05) is 6.54 Å². The molecule has 1 aliphatic rings. The summed E-state index contributed by atoms with van der Waals surface area (Å²) in [4.78, 5) is 2.53. The van der Waals surface area contributed by atoms with E-state index in [1.165, 1.54) is 32.4 Å². The molecule has 4 rings (SSSR count). The van der Waals surface area contributed by atoms with Crippen molar-refractivity contribution < 1.29 is 14.7 Å². The third kappa shape index (κ3) is 6.31. The average molecular weight is 442 g/mol. The number of allylic oxidation sites excluding steroid dienone is 1. The maximum Gasteiger partial charge on any atom is 0.167 e. The van der Waals surface area contributed by atoms with E-state index in [9.17, 15) is 5.26 Å². The quantitative estimate of drug-likeness (QED) is 0.389. The zero-order valence-electron chi connectivity index (χ0n) is 17.4. The Morgan fingerprint density at radius 3 is 2.58 bits per heavy atom. The first kappa shape index (κ1) is 24.4. The van der Waals surface area contributed by atoms with Gasteiger partial charge in [-0.15, -0.1) is 12.4 Å². The van der Waals surface area contributed by atoms with E-state index >= 15 is 0 Å². The Bertz CT molecular complexity index is 1020. The second-order valence-electron chi connectivity index (χ2n) is 7.37. The van der Waals surface area contributed by atoms with E-state index in [0.717, 1.165) is 36.3 Å². The predicted octanol–water partition coefficient (Wildman–Crippen LogP) is 4.74. The van der Waals surface area contributed by atoms with E-state index in [4.69, 9.17) is 9.26 Å². The van der Waals surface area contributed by atoms with E-state index in [-0.39, 0.29) is 17.9 Å². The van der Waals surface area contributed by atoms with Crippen LogP contribution in [0.1, 0.15) is 36.9 Å². The summed E-state index contributed by atoms with van der Waals surface area (Å²) in [5.41, 5.74) is 2.65. The Kier molecular flexibility index (Phi) is 9.54. The van der Waals surface area contributed by atoms with Crippen LogP contribution in [0.4, 0.5) is 0 Å². The van der Waals surface area contributed by atoms with Crippen LogP contribution >= 0.6 is 12.4 Å². The Labute approximate surface area is 188 Å². The van der Waals surface area contributed by atoms with Crippen molar-refractivity contribution in [2.45, 2.75) is 25.7 Å². The van der Waals surface area contributed by atoms with Gasteiger partial charge in [0.25, 0.3) is 0 Å². The maximum absolute atomic E-state index is 9.60. The Balaban J connectivity index is 0.00000171. The highest BCUT2D eigenvalue weighted by molar-refractivity contribution is 5.98.